The molecule has 0 aliphatic rings. The van der Waals surface area contributed by atoms with Gasteiger partial charge in [-0.2, -0.15) is 0 Å². The van der Waals surface area contributed by atoms with Gasteiger partial charge >= 0.3 is 11.3 Å². The maximum atomic E-state index is 6.10. The van der Waals surface area contributed by atoms with E-state index in [4.69, 9.17) is 4.42 Å². The van der Waals surface area contributed by atoms with Crippen LogP contribution in [0.1, 0.15) is 12.8 Å². The molecule has 0 amide bonds. The van der Waals surface area contributed by atoms with Crippen molar-refractivity contribution in [2.45, 2.75) is 17.7 Å². The summed E-state index contributed by atoms with van der Waals surface area (Å²) >= 11 is 4.38. The third-order valence-corrected chi connectivity index (χ3v) is 5.38. The van der Waals surface area contributed by atoms with Gasteiger partial charge in [0.25, 0.3) is 0 Å². The molecule has 0 aliphatic heterocycles. The Labute approximate surface area is 172 Å². The highest BCUT2D eigenvalue weighted by molar-refractivity contribution is 14.1. The quantitative estimate of drug-likeness (QED) is 0.153. The van der Waals surface area contributed by atoms with E-state index < -0.39 is 0 Å². The highest BCUT2D eigenvalue weighted by atomic mass is 127. The van der Waals surface area contributed by atoms with E-state index in [9.17, 15) is 0 Å². The number of unbranched alkanes of at least 4 members (excludes halogenated alkanes) is 1. The predicted octanol–water partition coefficient (Wildman–Crippen LogP) is 3.69. The Bertz CT molecular complexity index is 747. The van der Waals surface area contributed by atoms with Crippen LogP contribution < -0.4 is 24.0 Å². The van der Waals surface area contributed by atoms with Crippen LogP contribution in [0.25, 0.3) is 22.3 Å². The maximum Gasteiger partial charge on any atom is 0.361 e. The first kappa shape index (κ1) is 19.0. The Balaban J connectivity index is 0.00000192. The first-order chi connectivity index (χ1) is 10.9. The molecule has 0 radical (unpaired) electrons. The number of rotatable bonds is 6. The number of fused-ring (bicyclic) bond motifs is 1. The molecule has 4 heteroatoms. The predicted molar refractivity (Wildman–Crippen MR) is 105 cm³/mol. The van der Waals surface area contributed by atoms with Gasteiger partial charge in [0.2, 0.25) is 0 Å². The van der Waals surface area contributed by atoms with Gasteiger partial charge in [-0.1, -0.05) is 52.9 Å². The van der Waals surface area contributed by atoms with Crippen LogP contribution >= 0.6 is 34.4 Å². The minimum Gasteiger partial charge on any atom is -1.00 e. The Morgan fingerprint density at radius 1 is 0.913 bits per heavy atom. The molecule has 1 aromatic heterocycles. The number of benzene rings is 2. The zero-order valence-electron chi connectivity index (χ0n) is 12.7. The van der Waals surface area contributed by atoms with Gasteiger partial charge in [-0.25, -0.2) is 4.42 Å². The van der Waals surface area contributed by atoms with E-state index in [2.05, 4.69) is 59.0 Å². The van der Waals surface area contributed by atoms with Crippen molar-refractivity contribution >= 4 is 45.3 Å². The summed E-state index contributed by atoms with van der Waals surface area (Å²) in [5.41, 5.74) is 2.09. The molecule has 0 spiro atoms. The second-order valence-electron chi connectivity index (χ2n) is 5.08. The van der Waals surface area contributed by atoms with Gasteiger partial charge in [-0.05, 0) is 41.2 Å². The van der Waals surface area contributed by atoms with Gasteiger partial charge in [0.1, 0.15) is 0 Å². The second-order valence-corrected chi connectivity index (χ2v) is 7.30. The minimum absolute atomic E-state index is 0. The zero-order chi connectivity index (χ0) is 15.2. The number of hydrogen-bond acceptors (Lipinski definition) is 1. The topological polar surface area (TPSA) is 11.3 Å². The van der Waals surface area contributed by atoms with E-state index in [1.807, 2.05) is 36.0 Å². The summed E-state index contributed by atoms with van der Waals surface area (Å²) in [6, 6.07) is 20.8. The van der Waals surface area contributed by atoms with Crippen LogP contribution in [0.5, 0.6) is 0 Å². The van der Waals surface area contributed by atoms with Crippen molar-refractivity contribution in [3.63, 3.8) is 0 Å². The normalized spacial score (nSPS) is 10.5. The number of thioether (sulfide) groups is 1. The summed E-state index contributed by atoms with van der Waals surface area (Å²) in [7, 11) is 0. The van der Waals surface area contributed by atoms with Crippen molar-refractivity contribution in [2.75, 3.05) is 10.2 Å². The molecule has 0 atom stereocenters. The lowest BCUT2D eigenvalue weighted by molar-refractivity contribution is -0.00000465. The van der Waals surface area contributed by atoms with Gasteiger partial charge in [-0.3, -0.25) is 0 Å². The number of halogens is 2. The number of para-hydroxylation sites is 1. The van der Waals surface area contributed by atoms with E-state index >= 15 is 0 Å². The van der Waals surface area contributed by atoms with Crippen LogP contribution in [0, 0.1) is 0 Å². The lowest BCUT2D eigenvalue weighted by Gasteiger charge is -2.03. The molecule has 1 nitrogen and oxygen atoms in total. The average Bonchev–Trinajstić information content (AvgIpc) is 2.59. The summed E-state index contributed by atoms with van der Waals surface area (Å²) in [4.78, 5) is 1.31. The van der Waals surface area contributed by atoms with Crippen molar-refractivity contribution in [3.05, 3.63) is 60.7 Å². The van der Waals surface area contributed by atoms with Crippen LogP contribution in [-0.4, -0.2) is 10.2 Å². The monoisotopic (exact) mass is 548 g/mol. The summed E-state index contributed by atoms with van der Waals surface area (Å²) < 4.78 is 7.34. The second kappa shape index (κ2) is 9.84. The van der Waals surface area contributed by atoms with E-state index in [-0.39, 0.29) is 24.0 Å². The van der Waals surface area contributed by atoms with Crippen molar-refractivity contribution in [2.24, 2.45) is 0 Å². The summed E-state index contributed by atoms with van der Waals surface area (Å²) in [6.45, 7) is 0. The fourth-order valence-electron chi connectivity index (χ4n) is 2.35. The molecule has 0 aliphatic carbocycles. The summed E-state index contributed by atoms with van der Waals surface area (Å²) in [6.07, 6.45) is 2.54. The smallest absolute Gasteiger partial charge is 0.361 e. The van der Waals surface area contributed by atoms with E-state index in [0.29, 0.717) is 0 Å². The third-order valence-electron chi connectivity index (χ3n) is 3.48. The van der Waals surface area contributed by atoms with Crippen molar-refractivity contribution in [3.8, 4) is 11.3 Å². The van der Waals surface area contributed by atoms with Gasteiger partial charge in [0.05, 0.1) is 17.0 Å². The van der Waals surface area contributed by atoms with Gasteiger partial charge < -0.3 is 24.0 Å². The van der Waals surface area contributed by atoms with Crippen molar-refractivity contribution < 1.29 is 28.4 Å². The van der Waals surface area contributed by atoms with Crippen LogP contribution in [0.2, 0.25) is 0 Å². The number of alkyl halides is 1. The average molecular weight is 548 g/mol. The van der Waals surface area contributed by atoms with Crippen LogP contribution in [-0.2, 0) is 0 Å². The summed E-state index contributed by atoms with van der Waals surface area (Å²) in [5, 5.41) is 1.21. The Morgan fingerprint density at radius 2 is 1.65 bits per heavy atom. The molecule has 23 heavy (non-hydrogen) atoms. The lowest BCUT2D eigenvalue weighted by atomic mass is 10.1. The number of hydrogen-bond donors (Lipinski definition) is 0. The third kappa shape index (κ3) is 5.06. The first-order valence-corrected chi connectivity index (χ1v) is 9.99. The van der Waals surface area contributed by atoms with Gasteiger partial charge in [-0.15, -0.1) is 11.8 Å². The molecule has 0 fully saturated rings. The van der Waals surface area contributed by atoms with Crippen LogP contribution in [0.4, 0.5) is 0 Å². The molecule has 120 valence electrons. The SMILES string of the molecule is ICCCCSc1cc(-c2ccccc2)[o+]c2ccccc12.[I-]. The zero-order valence-corrected chi connectivity index (χ0v) is 17.8. The summed E-state index contributed by atoms with van der Waals surface area (Å²) in [5.74, 6) is 2.10. The fraction of sp³-hybridized carbons (Fsp3) is 0.211. The Kier molecular flexibility index (Phi) is 8.12. The van der Waals surface area contributed by atoms with E-state index in [0.717, 1.165) is 22.7 Å². The molecule has 1 heterocycles. The first-order valence-electron chi connectivity index (χ1n) is 7.48. The molecule has 0 unspecified atom stereocenters. The Hall–Kier alpha value is -0.340. The van der Waals surface area contributed by atoms with Crippen LogP contribution in [0.3, 0.4) is 0 Å². The van der Waals surface area contributed by atoms with Gasteiger partial charge in [0, 0.05) is 11.0 Å². The minimum atomic E-state index is 0. The molecule has 0 saturated heterocycles. The Morgan fingerprint density at radius 3 is 2.43 bits per heavy atom. The fourth-order valence-corrected chi connectivity index (χ4v) is 3.97. The largest absolute Gasteiger partial charge is 1.00 e. The van der Waals surface area contributed by atoms with Crippen molar-refractivity contribution in [1.29, 1.82) is 0 Å². The van der Waals surface area contributed by atoms with Crippen molar-refractivity contribution in [1.82, 2.24) is 0 Å². The molecule has 0 saturated carbocycles. The molecular weight excluding hydrogens is 530 g/mol. The molecule has 0 N–H and O–H groups in total. The lowest BCUT2D eigenvalue weighted by Crippen LogP contribution is -3.00. The standard InChI is InChI=1S/C19H18IOS.HI/c20-12-6-7-13-22-19-14-18(15-8-2-1-3-9-15)21-17-11-5-4-10-16(17)19;/h1-5,8-11,14H,6-7,12-13H2;1H/q+1;/p-1. The maximum absolute atomic E-state index is 6.10. The van der Waals surface area contributed by atoms with E-state index in [1.165, 1.54) is 27.6 Å². The molecule has 0 bridgehead atoms. The molecular formula is C19H18I2OS. The van der Waals surface area contributed by atoms with Gasteiger partial charge in [0.15, 0.2) is 0 Å². The molecule has 3 rings (SSSR count). The van der Waals surface area contributed by atoms with Crippen LogP contribution in [0.15, 0.2) is 70.0 Å². The van der Waals surface area contributed by atoms with E-state index in [1.54, 1.807) is 0 Å². The highest BCUT2D eigenvalue weighted by Gasteiger charge is 2.18. The molecule has 3 aromatic rings. The highest BCUT2D eigenvalue weighted by Crippen LogP contribution is 2.34. The molecule has 2 aromatic carbocycles.